The number of carbonyl (C=O) groups excluding carboxylic acids is 3. The van der Waals surface area contributed by atoms with Crippen molar-refractivity contribution < 1.29 is 46.5 Å². The van der Waals surface area contributed by atoms with E-state index in [2.05, 4.69) is 59.2 Å². The van der Waals surface area contributed by atoms with Crippen molar-refractivity contribution in [3.05, 3.63) is 114 Å². The summed E-state index contributed by atoms with van der Waals surface area (Å²) in [5, 5.41) is 6.37. The van der Waals surface area contributed by atoms with Gasteiger partial charge < -0.3 is 18.9 Å². The van der Waals surface area contributed by atoms with Crippen LogP contribution in [-0.2, 0) is 16.2 Å². The number of ether oxygens (including phenoxy) is 4. The Balaban J connectivity index is 1.09. The summed E-state index contributed by atoms with van der Waals surface area (Å²) < 4.78 is 63.6. The predicted molar refractivity (Wildman–Crippen MR) is 300 cm³/mol. The largest absolute Gasteiger partial charge is 0.490 e. The van der Waals surface area contributed by atoms with Gasteiger partial charge in [-0.2, -0.15) is 0 Å². The van der Waals surface area contributed by atoms with Gasteiger partial charge in [0.2, 0.25) is 5.75 Å². The molecule has 1 heterocycles. The Bertz CT molecular complexity index is 2480. The van der Waals surface area contributed by atoms with Crippen molar-refractivity contribution in [1.29, 1.82) is 0 Å². The fourth-order valence-electron chi connectivity index (χ4n) is 9.44. The topological polar surface area (TPSA) is 112 Å². The minimum absolute atomic E-state index is 0.127. The number of barbiturate groups is 1. The molecule has 0 radical (unpaired) electrons. The zero-order valence-corrected chi connectivity index (χ0v) is 44.7. The molecular weight excluding hydrogens is 966 g/mol. The number of halogens is 3. The summed E-state index contributed by atoms with van der Waals surface area (Å²) in [5.41, 5.74) is 5.58. The van der Waals surface area contributed by atoms with Gasteiger partial charge in [-0.3, -0.25) is 33.4 Å². The molecule has 410 valence electrons. The number of hydrogen-bond donors (Lipinski definition) is 2. The third-order valence-electron chi connectivity index (χ3n) is 13.9. The summed E-state index contributed by atoms with van der Waals surface area (Å²) in [6.45, 7) is 1.27. The zero-order chi connectivity index (χ0) is 53.4. The highest BCUT2D eigenvalue weighted by Gasteiger charge is 2.27. The first kappa shape index (κ1) is 59.0. The van der Waals surface area contributed by atoms with Crippen LogP contribution in [-0.4, -0.2) is 57.7 Å². The molecule has 12 heteroatoms. The monoisotopic (exact) mass is 1050 g/mol. The molecule has 1 saturated heterocycles. The van der Waals surface area contributed by atoms with Crippen molar-refractivity contribution in [3.8, 4) is 45.3 Å². The third-order valence-corrected chi connectivity index (χ3v) is 13.9. The van der Waals surface area contributed by atoms with E-state index in [1.165, 1.54) is 6.08 Å². The average Bonchev–Trinajstić information content (AvgIpc) is 3.43. The Labute approximate surface area is 449 Å². The molecule has 76 heavy (non-hydrogen) atoms. The van der Waals surface area contributed by atoms with Crippen molar-refractivity contribution >= 4 is 34.7 Å². The van der Waals surface area contributed by atoms with Crippen molar-refractivity contribution in [2.45, 2.75) is 161 Å². The van der Waals surface area contributed by atoms with E-state index in [0.29, 0.717) is 68.5 Å². The number of urea groups is 1. The molecule has 0 aromatic heterocycles. The summed E-state index contributed by atoms with van der Waals surface area (Å²) in [4.78, 5) is 35.8. The van der Waals surface area contributed by atoms with Crippen molar-refractivity contribution in [2.75, 3.05) is 39.8 Å². The number of nitrogens with one attached hydrogen (secondary N) is 2. The maximum absolute atomic E-state index is 12.5. The Morgan fingerprint density at radius 1 is 0.382 bits per heavy atom. The van der Waals surface area contributed by atoms with Crippen LogP contribution in [0, 0.1) is 0 Å². The molecule has 5 aromatic carbocycles. The molecule has 5 aromatic rings. The van der Waals surface area contributed by atoms with Gasteiger partial charge in [0.1, 0.15) is 17.9 Å². The number of rotatable bonds is 39. The summed E-state index contributed by atoms with van der Waals surface area (Å²) in [7, 11) is 0. The van der Waals surface area contributed by atoms with Crippen LogP contribution >= 0.6 is 0 Å². The maximum atomic E-state index is 12.5. The third kappa shape index (κ3) is 20.7. The number of benzene rings is 5. The van der Waals surface area contributed by atoms with E-state index >= 15 is 0 Å². The Kier molecular flexibility index (Phi) is 26.7. The molecule has 0 unspecified atom stereocenters. The minimum atomic E-state index is -0.828. The number of carbonyl (C=O) groups is 3. The van der Waals surface area contributed by atoms with E-state index < -0.39 is 17.8 Å². The SMILES string of the molecule is O=C1NC(=O)C(=Cc2ccc(-c3ccc4cc(-c5ccc(OCc6cc(OCCCCCCCCCCF)c(OCCCCCCCCCCF)c(OCCCCCCCCCCF)c6)cc5)ccc4c3)cc2)C(=O)N1. The molecule has 2 N–H and O–H groups in total. The number of fused-ring (bicyclic) bond motifs is 1. The van der Waals surface area contributed by atoms with Crippen LogP contribution in [0.5, 0.6) is 23.0 Å². The maximum Gasteiger partial charge on any atom is 0.328 e. The number of hydrogen-bond acceptors (Lipinski definition) is 7. The van der Waals surface area contributed by atoms with E-state index in [-0.39, 0.29) is 25.6 Å². The van der Waals surface area contributed by atoms with E-state index in [9.17, 15) is 27.6 Å². The molecule has 0 bridgehead atoms. The Morgan fingerprint density at radius 3 is 1.17 bits per heavy atom. The van der Waals surface area contributed by atoms with Gasteiger partial charge in [0.25, 0.3) is 11.8 Å². The first-order chi connectivity index (χ1) is 37.3. The highest BCUT2D eigenvalue weighted by molar-refractivity contribution is 6.31. The molecule has 0 aliphatic carbocycles. The highest BCUT2D eigenvalue weighted by atomic mass is 19.1. The number of unbranched alkanes of at least 4 members (excludes halogenated alkanes) is 21. The summed E-state index contributed by atoms with van der Waals surface area (Å²) in [5.74, 6) is 1.25. The van der Waals surface area contributed by atoms with E-state index in [1.807, 2.05) is 48.5 Å². The van der Waals surface area contributed by atoms with Crippen LogP contribution in [0.25, 0.3) is 39.1 Å². The van der Waals surface area contributed by atoms with Crippen molar-refractivity contribution in [2.24, 2.45) is 0 Å². The first-order valence-electron chi connectivity index (χ1n) is 28.3. The minimum Gasteiger partial charge on any atom is -0.490 e. The molecule has 0 spiro atoms. The zero-order valence-electron chi connectivity index (χ0n) is 44.7. The molecule has 1 aliphatic heterocycles. The van der Waals surface area contributed by atoms with Gasteiger partial charge in [0, 0.05) is 0 Å². The molecule has 1 fully saturated rings. The Morgan fingerprint density at radius 2 is 0.750 bits per heavy atom. The standard InChI is InChI=1S/C64H81F3N2O7/c65-37-19-13-7-1-4-10-16-22-40-73-59-44-50(45-60(74-41-23-17-11-5-2-8-14-20-38-66)61(59)75-42-24-18-12-6-3-9-15-21-39-67)48-76-57-35-33-52(34-36-57)54-30-32-55-46-53(29-31-56(55)47-54)51-27-25-49(26-28-51)43-58-62(70)68-64(72)69-63(58)71/h25-36,43-47H,1-24,37-42,48H2,(H2,68,69,70,71,72). The van der Waals surface area contributed by atoms with Crippen LogP contribution in [0.3, 0.4) is 0 Å². The van der Waals surface area contributed by atoms with E-state index in [1.54, 1.807) is 0 Å². The lowest BCUT2D eigenvalue weighted by Crippen LogP contribution is -2.51. The number of alkyl halides is 3. The lowest BCUT2D eigenvalue weighted by atomic mass is 9.97. The molecular formula is C64H81F3N2O7. The van der Waals surface area contributed by atoms with Gasteiger partial charge in [-0.15, -0.1) is 0 Å². The van der Waals surface area contributed by atoms with Crippen LogP contribution < -0.4 is 29.6 Å². The molecule has 0 saturated carbocycles. The number of imide groups is 2. The molecule has 0 atom stereocenters. The lowest BCUT2D eigenvalue weighted by Gasteiger charge is -2.19. The molecule has 1 aliphatic rings. The molecule has 4 amide bonds. The summed E-state index contributed by atoms with van der Waals surface area (Å²) in [6, 6.07) is 31.6. The van der Waals surface area contributed by atoms with Crippen LogP contribution in [0.2, 0.25) is 0 Å². The van der Waals surface area contributed by atoms with Gasteiger partial charge in [-0.1, -0.05) is 176 Å². The predicted octanol–water partition coefficient (Wildman–Crippen LogP) is 16.9. The fraction of sp³-hybridized carbons (Fsp3) is 0.484. The van der Waals surface area contributed by atoms with E-state index in [4.69, 9.17) is 18.9 Å². The van der Waals surface area contributed by atoms with Gasteiger partial charge in [0.05, 0.1) is 39.8 Å². The van der Waals surface area contributed by atoms with Gasteiger partial charge in [-0.05, 0) is 125 Å². The number of amides is 4. The van der Waals surface area contributed by atoms with Crippen LogP contribution in [0.4, 0.5) is 18.0 Å². The second-order valence-corrected chi connectivity index (χ2v) is 20.0. The second kappa shape index (κ2) is 34.4. The summed E-state index contributed by atoms with van der Waals surface area (Å²) >= 11 is 0. The molecule has 9 nitrogen and oxygen atoms in total. The van der Waals surface area contributed by atoms with Gasteiger partial charge >= 0.3 is 6.03 Å². The van der Waals surface area contributed by atoms with Crippen molar-refractivity contribution in [3.63, 3.8) is 0 Å². The average molecular weight is 1050 g/mol. The first-order valence-corrected chi connectivity index (χ1v) is 28.3. The van der Waals surface area contributed by atoms with Crippen molar-refractivity contribution in [1.82, 2.24) is 10.6 Å². The Hall–Kier alpha value is -6.30. The van der Waals surface area contributed by atoms with Gasteiger partial charge in [-0.25, -0.2) is 4.79 Å². The smallest absolute Gasteiger partial charge is 0.328 e. The van der Waals surface area contributed by atoms with Gasteiger partial charge in [0.15, 0.2) is 11.5 Å². The van der Waals surface area contributed by atoms with E-state index in [0.717, 1.165) is 179 Å². The summed E-state index contributed by atoms with van der Waals surface area (Å²) in [6.07, 6.45) is 25.7. The lowest BCUT2D eigenvalue weighted by molar-refractivity contribution is -0.123. The highest BCUT2D eigenvalue weighted by Crippen LogP contribution is 2.40. The molecule has 6 rings (SSSR count). The normalized spacial score (nSPS) is 12.5. The fourth-order valence-corrected chi connectivity index (χ4v) is 9.44. The van der Waals surface area contributed by atoms with Crippen LogP contribution in [0.1, 0.15) is 165 Å². The quantitative estimate of drug-likeness (QED) is 0.0229. The van der Waals surface area contributed by atoms with Crippen LogP contribution in [0.15, 0.2) is 103 Å². The second-order valence-electron chi connectivity index (χ2n) is 20.0.